The van der Waals surface area contributed by atoms with Gasteiger partial charge in [0.1, 0.15) is 11.0 Å². The molecule has 2 aromatic rings. The second-order valence-corrected chi connectivity index (χ2v) is 4.83. The zero-order valence-electron chi connectivity index (χ0n) is 11.3. The minimum Gasteiger partial charge on any atom is -0.367 e. The maximum atomic E-state index is 13.3. The summed E-state index contributed by atoms with van der Waals surface area (Å²) in [7, 11) is 1.82. The first-order valence-corrected chi connectivity index (χ1v) is 6.59. The van der Waals surface area contributed by atoms with Gasteiger partial charge in [0.2, 0.25) is 0 Å². The smallest absolute Gasteiger partial charge is 0.131 e. The topological polar surface area (TPSA) is 21.1 Å². The molecule has 2 rings (SSSR count). The third kappa shape index (κ3) is 2.89. The van der Waals surface area contributed by atoms with Crippen LogP contribution in [0, 0.1) is 12.7 Å². The van der Waals surface area contributed by atoms with E-state index in [0.29, 0.717) is 11.7 Å². The van der Waals surface area contributed by atoms with Crippen LogP contribution in [0.25, 0.3) is 0 Å². The van der Waals surface area contributed by atoms with Gasteiger partial charge in [-0.15, -0.1) is 0 Å². The highest BCUT2D eigenvalue weighted by Gasteiger charge is 2.15. The predicted molar refractivity (Wildman–Crippen MR) is 76.1 cm³/mol. The number of aryl methyl sites for hydroxylation is 2. The summed E-state index contributed by atoms with van der Waals surface area (Å²) in [6, 6.07) is 6.58. The number of hydrogen-bond acceptors (Lipinski definition) is 2. The quantitative estimate of drug-likeness (QED) is 0.855. The molecule has 0 aliphatic carbocycles. The molecule has 0 spiro atoms. The molecule has 3 nitrogen and oxygen atoms in total. The third-order valence-electron chi connectivity index (χ3n) is 3.17. The Morgan fingerprint density at radius 1 is 1.42 bits per heavy atom. The molecule has 0 unspecified atom stereocenters. The molecule has 0 amide bonds. The molecule has 0 radical (unpaired) electrons. The molecule has 19 heavy (non-hydrogen) atoms. The van der Waals surface area contributed by atoms with Gasteiger partial charge in [0, 0.05) is 31.4 Å². The van der Waals surface area contributed by atoms with E-state index in [0.717, 1.165) is 23.5 Å². The number of hydrogen-bond donors (Lipinski definition) is 0. The fourth-order valence-corrected chi connectivity index (χ4v) is 2.34. The van der Waals surface area contributed by atoms with Crippen LogP contribution in [0.15, 0.2) is 24.3 Å². The van der Waals surface area contributed by atoms with Crippen molar-refractivity contribution >= 4 is 17.3 Å². The summed E-state index contributed by atoms with van der Waals surface area (Å²) in [6.07, 6.45) is 0. The van der Waals surface area contributed by atoms with Gasteiger partial charge in [-0.05, 0) is 32.0 Å². The summed E-state index contributed by atoms with van der Waals surface area (Å²) in [5.41, 5.74) is 2.74. The SMILES string of the molecule is CCN(Cc1c(C)nn(C)c1Cl)c1cccc(F)c1. The number of halogens is 2. The van der Waals surface area contributed by atoms with Crippen LogP contribution in [0.1, 0.15) is 18.2 Å². The number of anilines is 1. The van der Waals surface area contributed by atoms with Crippen LogP contribution >= 0.6 is 11.6 Å². The first kappa shape index (κ1) is 13.9. The molecule has 0 aliphatic rings. The van der Waals surface area contributed by atoms with Crippen LogP contribution in [0.3, 0.4) is 0 Å². The average molecular weight is 282 g/mol. The van der Waals surface area contributed by atoms with Crippen LogP contribution in [-0.4, -0.2) is 16.3 Å². The van der Waals surface area contributed by atoms with E-state index < -0.39 is 0 Å². The monoisotopic (exact) mass is 281 g/mol. The second-order valence-electron chi connectivity index (χ2n) is 4.47. The van der Waals surface area contributed by atoms with Crippen molar-refractivity contribution < 1.29 is 4.39 Å². The van der Waals surface area contributed by atoms with Gasteiger partial charge in [-0.2, -0.15) is 5.10 Å². The van der Waals surface area contributed by atoms with Gasteiger partial charge in [-0.25, -0.2) is 4.39 Å². The Morgan fingerprint density at radius 3 is 2.68 bits per heavy atom. The molecule has 1 aromatic heterocycles. The Morgan fingerprint density at radius 2 is 2.16 bits per heavy atom. The zero-order valence-corrected chi connectivity index (χ0v) is 12.1. The van der Waals surface area contributed by atoms with Crippen molar-refractivity contribution in [2.24, 2.45) is 7.05 Å². The van der Waals surface area contributed by atoms with Gasteiger partial charge in [0.15, 0.2) is 0 Å². The second kappa shape index (κ2) is 5.61. The molecule has 1 aromatic carbocycles. The molecule has 0 bridgehead atoms. The van der Waals surface area contributed by atoms with Crippen LogP contribution < -0.4 is 4.90 Å². The molecule has 0 fully saturated rings. The summed E-state index contributed by atoms with van der Waals surface area (Å²) in [4.78, 5) is 2.07. The van der Waals surface area contributed by atoms with Crippen molar-refractivity contribution in [1.29, 1.82) is 0 Å². The molecule has 0 N–H and O–H groups in total. The summed E-state index contributed by atoms with van der Waals surface area (Å²) in [5.74, 6) is -0.232. The molecular weight excluding hydrogens is 265 g/mol. The lowest BCUT2D eigenvalue weighted by atomic mass is 10.2. The Bertz CT molecular complexity index is 580. The Hall–Kier alpha value is -1.55. The molecule has 0 saturated carbocycles. The molecule has 0 aliphatic heterocycles. The molecular formula is C14H17ClFN3. The maximum absolute atomic E-state index is 13.3. The van der Waals surface area contributed by atoms with Crippen LogP contribution in [-0.2, 0) is 13.6 Å². The van der Waals surface area contributed by atoms with E-state index in [2.05, 4.69) is 10.00 Å². The highest BCUT2D eigenvalue weighted by molar-refractivity contribution is 6.30. The summed E-state index contributed by atoms with van der Waals surface area (Å²) in [5, 5.41) is 4.92. The summed E-state index contributed by atoms with van der Waals surface area (Å²) >= 11 is 6.23. The van der Waals surface area contributed by atoms with Crippen LogP contribution in [0.4, 0.5) is 10.1 Å². The van der Waals surface area contributed by atoms with E-state index in [1.807, 2.05) is 27.0 Å². The first-order valence-electron chi connectivity index (χ1n) is 6.21. The largest absolute Gasteiger partial charge is 0.367 e. The van der Waals surface area contributed by atoms with Gasteiger partial charge in [-0.1, -0.05) is 17.7 Å². The maximum Gasteiger partial charge on any atom is 0.131 e. The molecule has 102 valence electrons. The minimum absolute atomic E-state index is 0.232. The predicted octanol–water partition coefficient (Wildman–Crippen LogP) is 3.55. The van der Waals surface area contributed by atoms with Gasteiger partial charge in [0.25, 0.3) is 0 Å². The van der Waals surface area contributed by atoms with Gasteiger partial charge >= 0.3 is 0 Å². The van der Waals surface area contributed by atoms with E-state index in [-0.39, 0.29) is 5.82 Å². The van der Waals surface area contributed by atoms with Crippen molar-refractivity contribution in [3.63, 3.8) is 0 Å². The molecule has 0 saturated heterocycles. The van der Waals surface area contributed by atoms with E-state index in [4.69, 9.17) is 11.6 Å². The van der Waals surface area contributed by atoms with E-state index >= 15 is 0 Å². The third-order valence-corrected chi connectivity index (χ3v) is 3.65. The lowest BCUT2D eigenvalue weighted by Crippen LogP contribution is -2.22. The molecule has 1 heterocycles. The normalized spacial score (nSPS) is 10.8. The number of nitrogens with zero attached hydrogens (tertiary/aromatic N) is 3. The molecule has 0 atom stereocenters. The number of benzene rings is 1. The fraction of sp³-hybridized carbons (Fsp3) is 0.357. The van der Waals surface area contributed by atoms with Crippen molar-refractivity contribution in [2.45, 2.75) is 20.4 Å². The van der Waals surface area contributed by atoms with Crippen molar-refractivity contribution in [3.05, 3.63) is 46.5 Å². The Balaban J connectivity index is 2.29. The van der Waals surface area contributed by atoms with E-state index in [1.54, 1.807) is 10.7 Å². The summed E-state index contributed by atoms with van der Waals surface area (Å²) < 4.78 is 15.0. The fourth-order valence-electron chi connectivity index (χ4n) is 2.10. The summed E-state index contributed by atoms with van der Waals surface area (Å²) in [6.45, 7) is 5.36. The first-order chi connectivity index (χ1) is 9.02. The van der Waals surface area contributed by atoms with E-state index in [1.165, 1.54) is 12.1 Å². The van der Waals surface area contributed by atoms with Crippen molar-refractivity contribution in [2.75, 3.05) is 11.4 Å². The standard InChI is InChI=1S/C14H17ClFN3/c1-4-19(12-7-5-6-11(16)8-12)9-13-10(2)17-18(3)14(13)15/h5-8H,4,9H2,1-3H3. The van der Waals surface area contributed by atoms with Gasteiger partial charge in [0.05, 0.1) is 5.69 Å². The van der Waals surface area contributed by atoms with Gasteiger partial charge < -0.3 is 4.90 Å². The lowest BCUT2D eigenvalue weighted by molar-refractivity contribution is 0.626. The Labute approximate surface area is 117 Å². The average Bonchev–Trinajstić information content (AvgIpc) is 2.61. The highest BCUT2D eigenvalue weighted by atomic mass is 35.5. The zero-order chi connectivity index (χ0) is 14.0. The number of rotatable bonds is 4. The molecule has 5 heteroatoms. The Kier molecular flexibility index (Phi) is 4.10. The minimum atomic E-state index is -0.232. The van der Waals surface area contributed by atoms with Crippen LogP contribution in [0.5, 0.6) is 0 Å². The highest BCUT2D eigenvalue weighted by Crippen LogP contribution is 2.24. The van der Waals surface area contributed by atoms with Crippen molar-refractivity contribution in [3.8, 4) is 0 Å². The van der Waals surface area contributed by atoms with Crippen LogP contribution in [0.2, 0.25) is 5.15 Å². The lowest BCUT2D eigenvalue weighted by Gasteiger charge is -2.23. The number of aromatic nitrogens is 2. The van der Waals surface area contributed by atoms with Crippen molar-refractivity contribution in [1.82, 2.24) is 9.78 Å². The van der Waals surface area contributed by atoms with E-state index in [9.17, 15) is 4.39 Å². The van der Waals surface area contributed by atoms with Gasteiger partial charge in [-0.3, -0.25) is 4.68 Å².